The fourth-order valence-electron chi connectivity index (χ4n) is 2.89. The van der Waals surface area contributed by atoms with E-state index >= 15 is 0 Å². The van der Waals surface area contributed by atoms with E-state index in [0.29, 0.717) is 22.7 Å². The molecule has 0 bridgehead atoms. The summed E-state index contributed by atoms with van der Waals surface area (Å²) < 4.78 is 10.6. The van der Waals surface area contributed by atoms with E-state index in [2.05, 4.69) is 5.32 Å². The van der Waals surface area contributed by atoms with E-state index in [1.807, 2.05) is 26.0 Å². The van der Waals surface area contributed by atoms with Crippen LogP contribution in [0.5, 0.6) is 11.5 Å². The summed E-state index contributed by atoms with van der Waals surface area (Å²) >= 11 is 0. The molecule has 138 valence electrons. The van der Waals surface area contributed by atoms with Crippen molar-refractivity contribution < 1.29 is 19.1 Å². The molecule has 0 aromatic heterocycles. The number of amides is 1. The van der Waals surface area contributed by atoms with Crippen LogP contribution in [0.2, 0.25) is 0 Å². The lowest BCUT2D eigenvalue weighted by atomic mass is 9.87. The van der Waals surface area contributed by atoms with Crippen LogP contribution in [0.1, 0.15) is 42.6 Å². The third kappa shape index (κ3) is 4.42. The Hall–Kier alpha value is -2.82. The Morgan fingerprint density at radius 3 is 2.04 bits per heavy atom. The van der Waals surface area contributed by atoms with Gasteiger partial charge in [0.25, 0.3) is 0 Å². The van der Waals surface area contributed by atoms with Crippen molar-refractivity contribution in [1.29, 1.82) is 0 Å². The van der Waals surface area contributed by atoms with Crippen molar-refractivity contribution >= 4 is 17.4 Å². The molecule has 2 aromatic rings. The third-order valence-corrected chi connectivity index (χ3v) is 4.27. The Labute approximate surface area is 154 Å². The van der Waals surface area contributed by atoms with Crippen molar-refractivity contribution in [1.82, 2.24) is 0 Å². The van der Waals surface area contributed by atoms with Gasteiger partial charge in [-0.3, -0.25) is 9.59 Å². The maximum Gasteiger partial charge on any atom is 0.232 e. The summed E-state index contributed by atoms with van der Waals surface area (Å²) in [5.41, 5.74) is 2.13. The molecule has 0 radical (unpaired) electrons. The van der Waals surface area contributed by atoms with Crippen molar-refractivity contribution in [2.45, 2.75) is 26.7 Å². The molecule has 5 nitrogen and oxygen atoms in total. The van der Waals surface area contributed by atoms with Crippen LogP contribution in [0, 0.1) is 5.92 Å². The standard InChI is InChI=1S/C21H25NO4/c1-13(2)20(16-8-11-18(25-4)19(12-16)26-5)21(24)22-17-9-6-15(7-10-17)14(3)23/h6-13,20H,1-5H3,(H,22,24). The maximum atomic E-state index is 12.9. The Bertz CT molecular complexity index is 781. The first-order valence-electron chi connectivity index (χ1n) is 8.51. The molecule has 0 saturated heterocycles. The molecule has 1 N–H and O–H groups in total. The number of rotatable bonds is 7. The first-order chi connectivity index (χ1) is 12.4. The SMILES string of the molecule is COc1ccc(C(C(=O)Nc2ccc(C(C)=O)cc2)C(C)C)cc1OC. The van der Waals surface area contributed by atoms with E-state index in [9.17, 15) is 9.59 Å². The maximum absolute atomic E-state index is 12.9. The molecule has 1 unspecified atom stereocenters. The largest absolute Gasteiger partial charge is 0.493 e. The predicted octanol–water partition coefficient (Wildman–Crippen LogP) is 4.28. The zero-order chi connectivity index (χ0) is 19.3. The molecular formula is C21H25NO4. The van der Waals surface area contributed by atoms with E-state index in [4.69, 9.17) is 9.47 Å². The van der Waals surface area contributed by atoms with Gasteiger partial charge in [-0.15, -0.1) is 0 Å². The van der Waals surface area contributed by atoms with Gasteiger partial charge in [-0.2, -0.15) is 0 Å². The van der Waals surface area contributed by atoms with Crippen LogP contribution in [0.3, 0.4) is 0 Å². The second-order valence-corrected chi connectivity index (χ2v) is 6.46. The fourth-order valence-corrected chi connectivity index (χ4v) is 2.89. The Morgan fingerprint density at radius 2 is 1.54 bits per heavy atom. The van der Waals surface area contributed by atoms with E-state index < -0.39 is 0 Å². The summed E-state index contributed by atoms with van der Waals surface area (Å²) in [6.07, 6.45) is 0. The smallest absolute Gasteiger partial charge is 0.232 e. The number of ether oxygens (including phenoxy) is 2. The minimum absolute atomic E-state index is 0.00624. The molecule has 2 aromatic carbocycles. The van der Waals surface area contributed by atoms with Crippen molar-refractivity contribution in [2.24, 2.45) is 5.92 Å². The molecule has 1 atom stereocenters. The number of ketones is 1. The van der Waals surface area contributed by atoms with Crippen LogP contribution in [0.4, 0.5) is 5.69 Å². The van der Waals surface area contributed by atoms with Crippen molar-refractivity contribution in [3.8, 4) is 11.5 Å². The van der Waals surface area contributed by atoms with E-state index in [-0.39, 0.29) is 23.5 Å². The van der Waals surface area contributed by atoms with Gasteiger partial charge in [0, 0.05) is 11.3 Å². The van der Waals surface area contributed by atoms with E-state index in [1.165, 1.54) is 6.92 Å². The number of nitrogens with one attached hydrogen (secondary N) is 1. The van der Waals surface area contributed by atoms with Crippen LogP contribution >= 0.6 is 0 Å². The number of hydrogen-bond acceptors (Lipinski definition) is 4. The highest BCUT2D eigenvalue weighted by Crippen LogP contribution is 2.34. The number of anilines is 1. The number of hydrogen-bond donors (Lipinski definition) is 1. The van der Waals surface area contributed by atoms with Crippen LogP contribution in [-0.4, -0.2) is 25.9 Å². The summed E-state index contributed by atoms with van der Waals surface area (Å²) in [6.45, 7) is 5.51. The highest BCUT2D eigenvalue weighted by atomic mass is 16.5. The number of carbonyl (C=O) groups is 2. The quantitative estimate of drug-likeness (QED) is 0.753. The summed E-state index contributed by atoms with van der Waals surface area (Å²) in [6, 6.07) is 12.4. The van der Waals surface area contributed by atoms with E-state index in [0.717, 1.165) is 5.56 Å². The van der Waals surface area contributed by atoms with Gasteiger partial charge >= 0.3 is 0 Å². The lowest BCUT2D eigenvalue weighted by Crippen LogP contribution is -2.25. The summed E-state index contributed by atoms with van der Waals surface area (Å²) in [5.74, 6) is 0.844. The molecule has 0 saturated carbocycles. The summed E-state index contributed by atoms with van der Waals surface area (Å²) in [4.78, 5) is 24.2. The topological polar surface area (TPSA) is 64.6 Å². The zero-order valence-electron chi connectivity index (χ0n) is 15.8. The zero-order valence-corrected chi connectivity index (χ0v) is 15.8. The predicted molar refractivity (Wildman–Crippen MR) is 102 cm³/mol. The molecule has 0 aliphatic rings. The van der Waals surface area contributed by atoms with Crippen LogP contribution in [-0.2, 0) is 4.79 Å². The van der Waals surface area contributed by atoms with Crippen molar-refractivity contribution in [2.75, 3.05) is 19.5 Å². The second kappa shape index (κ2) is 8.52. The Kier molecular flexibility index (Phi) is 6.39. The van der Waals surface area contributed by atoms with Crippen LogP contribution in [0.25, 0.3) is 0 Å². The molecule has 0 aliphatic heterocycles. The van der Waals surface area contributed by atoms with Gasteiger partial charge in [0.05, 0.1) is 20.1 Å². The molecule has 0 aliphatic carbocycles. The number of methoxy groups -OCH3 is 2. The highest BCUT2D eigenvalue weighted by Gasteiger charge is 2.25. The average molecular weight is 355 g/mol. The Balaban J connectivity index is 2.26. The molecule has 0 spiro atoms. The molecule has 2 rings (SSSR count). The normalized spacial score (nSPS) is 11.8. The molecule has 26 heavy (non-hydrogen) atoms. The highest BCUT2D eigenvalue weighted by molar-refractivity contribution is 5.97. The minimum atomic E-state index is -0.345. The molecule has 0 fully saturated rings. The molecule has 5 heteroatoms. The van der Waals surface area contributed by atoms with Crippen molar-refractivity contribution in [3.05, 3.63) is 53.6 Å². The summed E-state index contributed by atoms with van der Waals surface area (Å²) in [7, 11) is 3.15. The van der Waals surface area contributed by atoms with Gasteiger partial charge in [-0.05, 0) is 54.8 Å². The van der Waals surface area contributed by atoms with Gasteiger partial charge in [0.1, 0.15) is 0 Å². The molecule has 0 heterocycles. The van der Waals surface area contributed by atoms with Crippen LogP contribution in [0.15, 0.2) is 42.5 Å². The number of carbonyl (C=O) groups excluding carboxylic acids is 2. The monoisotopic (exact) mass is 355 g/mol. The van der Waals surface area contributed by atoms with E-state index in [1.54, 1.807) is 44.6 Å². The van der Waals surface area contributed by atoms with Gasteiger partial charge in [-0.25, -0.2) is 0 Å². The van der Waals surface area contributed by atoms with Gasteiger partial charge in [0.15, 0.2) is 17.3 Å². The van der Waals surface area contributed by atoms with Crippen LogP contribution < -0.4 is 14.8 Å². The Morgan fingerprint density at radius 1 is 0.923 bits per heavy atom. The third-order valence-electron chi connectivity index (χ3n) is 4.27. The number of Topliss-reactive ketones (excluding diaryl/α,β-unsaturated/α-hetero) is 1. The molecule has 1 amide bonds. The van der Waals surface area contributed by atoms with Gasteiger partial charge < -0.3 is 14.8 Å². The average Bonchev–Trinajstić information content (AvgIpc) is 2.61. The lowest BCUT2D eigenvalue weighted by Gasteiger charge is -2.22. The minimum Gasteiger partial charge on any atom is -0.493 e. The second-order valence-electron chi connectivity index (χ2n) is 6.46. The van der Waals surface area contributed by atoms with Gasteiger partial charge in [-0.1, -0.05) is 19.9 Å². The fraction of sp³-hybridized carbons (Fsp3) is 0.333. The lowest BCUT2D eigenvalue weighted by molar-refractivity contribution is -0.118. The first kappa shape index (κ1) is 19.5. The number of benzene rings is 2. The summed E-state index contributed by atoms with van der Waals surface area (Å²) in [5, 5.41) is 2.93. The molecular weight excluding hydrogens is 330 g/mol. The van der Waals surface area contributed by atoms with Crippen molar-refractivity contribution in [3.63, 3.8) is 0 Å². The van der Waals surface area contributed by atoms with Gasteiger partial charge in [0.2, 0.25) is 5.91 Å². The first-order valence-corrected chi connectivity index (χ1v) is 8.51.